The molecule has 0 saturated carbocycles. The molecule has 0 unspecified atom stereocenters. The van der Waals surface area contributed by atoms with Crippen LogP contribution in [0.4, 0.5) is 0 Å². The summed E-state index contributed by atoms with van der Waals surface area (Å²) < 4.78 is 0. The summed E-state index contributed by atoms with van der Waals surface area (Å²) in [6, 6.07) is 23.0. The Morgan fingerprint density at radius 1 is 0.739 bits per heavy atom. The summed E-state index contributed by atoms with van der Waals surface area (Å²) in [5.74, 6) is 0. The number of fused-ring (bicyclic) bond motifs is 2. The van der Waals surface area contributed by atoms with E-state index in [0.717, 1.165) is 46.2 Å². The molecule has 0 aliphatic rings. The maximum absolute atomic E-state index is 4.88. The van der Waals surface area contributed by atoms with Crippen molar-refractivity contribution in [3.05, 3.63) is 72.4 Å². The SMILES string of the molecule is CCCc1nc2ccccc2cc1-c1ccc2ccccc2n1. The molecule has 0 bridgehead atoms. The lowest BCUT2D eigenvalue weighted by molar-refractivity contribution is 0.891. The molecule has 0 N–H and O–H groups in total. The molecule has 0 amide bonds. The van der Waals surface area contributed by atoms with E-state index in [4.69, 9.17) is 9.97 Å². The molecule has 0 fully saturated rings. The number of pyridine rings is 2. The molecule has 0 aliphatic heterocycles. The van der Waals surface area contributed by atoms with Gasteiger partial charge in [0, 0.05) is 16.3 Å². The zero-order chi connectivity index (χ0) is 15.6. The monoisotopic (exact) mass is 298 g/mol. The number of aromatic nitrogens is 2. The summed E-state index contributed by atoms with van der Waals surface area (Å²) in [7, 11) is 0. The van der Waals surface area contributed by atoms with Gasteiger partial charge in [-0.15, -0.1) is 0 Å². The van der Waals surface area contributed by atoms with Gasteiger partial charge in [-0.2, -0.15) is 0 Å². The predicted molar refractivity (Wildman–Crippen MR) is 96.5 cm³/mol. The van der Waals surface area contributed by atoms with Crippen molar-refractivity contribution in [3.8, 4) is 11.3 Å². The quantitative estimate of drug-likeness (QED) is 0.506. The minimum Gasteiger partial charge on any atom is -0.252 e. The highest BCUT2D eigenvalue weighted by molar-refractivity contribution is 5.86. The second-order valence-corrected chi connectivity index (χ2v) is 5.81. The van der Waals surface area contributed by atoms with E-state index in [-0.39, 0.29) is 0 Å². The largest absolute Gasteiger partial charge is 0.252 e. The minimum atomic E-state index is 0.967. The number of benzene rings is 2. The first-order chi connectivity index (χ1) is 11.3. The number of para-hydroxylation sites is 2. The smallest absolute Gasteiger partial charge is 0.0728 e. The predicted octanol–water partition coefficient (Wildman–Crippen LogP) is 5.40. The first-order valence-electron chi connectivity index (χ1n) is 8.10. The Balaban J connectivity index is 1.95. The molecule has 2 aromatic carbocycles. The van der Waals surface area contributed by atoms with Gasteiger partial charge in [-0.3, -0.25) is 4.98 Å². The fourth-order valence-corrected chi connectivity index (χ4v) is 3.02. The topological polar surface area (TPSA) is 25.8 Å². The lowest BCUT2D eigenvalue weighted by Crippen LogP contribution is -1.97. The van der Waals surface area contributed by atoms with E-state index in [1.54, 1.807) is 0 Å². The molecular formula is C21H18N2. The van der Waals surface area contributed by atoms with Crippen molar-refractivity contribution in [2.24, 2.45) is 0 Å². The average molecular weight is 298 g/mol. The van der Waals surface area contributed by atoms with Gasteiger partial charge in [-0.25, -0.2) is 4.98 Å². The standard InChI is InChI=1S/C21H18N2/c1-2-7-20-17(14-16-9-4-6-11-19(16)23-20)21-13-12-15-8-3-5-10-18(15)22-21/h3-6,8-14H,2,7H2,1H3. The Morgan fingerprint density at radius 3 is 2.22 bits per heavy atom. The van der Waals surface area contributed by atoms with E-state index >= 15 is 0 Å². The molecule has 0 radical (unpaired) electrons. The van der Waals surface area contributed by atoms with Crippen LogP contribution in [0.5, 0.6) is 0 Å². The summed E-state index contributed by atoms with van der Waals surface area (Å²) in [6.07, 6.45) is 2.04. The average Bonchev–Trinajstić information content (AvgIpc) is 2.61. The normalized spacial score (nSPS) is 11.2. The number of aryl methyl sites for hydroxylation is 1. The summed E-state index contributed by atoms with van der Waals surface area (Å²) in [4.78, 5) is 9.74. The maximum Gasteiger partial charge on any atom is 0.0728 e. The number of hydrogen-bond acceptors (Lipinski definition) is 2. The Labute approximate surface area is 135 Å². The molecule has 4 aromatic rings. The molecule has 0 aliphatic carbocycles. The summed E-state index contributed by atoms with van der Waals surface area (Å²) >= 11 is 0. The first-order valence-corrected chi connectivity index (χ1v) is 8.10. The molecule has 0 saturated heterocycles. The molecule has 2 heterocycles. The third-order valence-corrected chi connectivity index (χ3v) is 4.16. The Bertz CT molecular complexity index is 989. The second kappa shape index (κ2) is 5.81. The molecule has 0 spiro atoms. The van der Waals surface area contributed by atoms with E-state index < -0.39 is 0 Å². The number of hydrogen-bond donors (Lipinski definition) is 0. The maximum atomic E-state index is 4.88. The van der Waals surface area contributed by atoms with Crippen LogP contribution < -0.4 is 0 Å². The van der Waals surface area contributed by atoms with Crippen molar-refractivity contribution in [1.29, 1.82) is 0 Å². The van der Waals surface area contributed by atoms with Crippen LogP contribution in [0.25, 0.3) is 33.1 Å². The van der Waals surface area contributed by atoms with E-state index in [2.05, 4.69) is 55.5 Å². The van der Waals surface area contributed by atoms with E-state index in [9.17, 15) is 0 Å². The Morgan fingerprint density at radius 2 is 1.43 bits per heavy atom. The molecule has 112 valence electrons. The van der Waals surface area contributed by atoms with Gasteiger partial charge in [0.1, 0.15) is 0 Å². The summed E-state index contributed by atoms with van der Waals surface area (Å²) in [5.41, 5.74) is 5.37. The van der Waals surface area contributed by atoms with Crippen molar-refractivity contribution in [2.75, 3.05) is 0 Å². The fourth-order valence-electron chi connectivity index (χ4n) is 3.02. The van der Waals surface area contributed by atoms with E-state index in [0.29, 0.717) is 0 Å². The van der Waals surface area contributed by atoms with Crippen molar-refractivity contribution < 1.29 is 0 Å². The lowest BCUT2D eigenvalue weighted by Gasteiger charge is -2.10. The molecule has 4 rings (SSSR count). The summed E-state index contributed by atoms with van der Waals surface area (Å²) in [5, 5.41) is 2.33. The summed E-state index contributed by atoms with van der Waals surface area (Å²) in [6.45, 7) is 2.19. The van der Waals surface area contributed by atoms with Crippen molar-refractivity contribution in [3.63, 3.8) is 0 Å². The van der Waals surface area contributed by atoms with Crippen LogP contribution in [0.3, 0.4) is 0 Å². The number of rotatable bonds is 3. The third-order valence-electron chi connectivity index (χ3n) is 4.16. The zero-order valence-corrected chi connectivity index (χ0v) is 13.2. The van der Waals surface area contributed by atoms with E-state index in [1.807, 2.05) is 18.2 Å². The highest BCUT2D eigenvalue weighted by Crippen LogP contribution is 2.27. The van der Waals surface area contributed by atoms with Crippen LogP contribution in [0, 0.1) is 0 Å². The number of nitrogens with zero attached hydrogens (tertiary/aromatic N) is 2. The molecule has 2 nitrogen and oxygen atoms in total. The van der Waals surface area contributed by atoms with Crippen LogP contribution in [-0.4, -0.2) is 9.97 Å². The van der Waals surface area contributed by atoms with Crippen molar-refractivity contribution >= 4 is 21.8 Å². The van der Waals surface area contributed by atoms with Crippen LogP contribution in [0.2, 0.25) is 0 Å². The van der Waals surface area contributed by atoms with Crippen molar-refractivity contribution in [2.45, 2.75) is 19.8 Å². The highest BCUT2D eigenvalue weighted by atomic mass is 14.7. The molecule has 2 aromatic heterocycles. The molecular weight excluding hydrogens is 280 g/mol. The Hall–Kier alpha value is -2.74. The van der Waals surface area contributed by atoms with Gasteiger partial charge < -0.3 is 0 Å². The first kappa shape index (κ1) is 13.9. The zero-order valence-electron chi connectivity index (χ0n) is 13.2. The lowest BCUT2D eigenvalue weighted by atomic mass is 10.0. The molecule has 2 heteroatoms. The van der Waals surface area contributed by atoms with Gasteiger partial charge in [-0.1, -0.05) is 55.8 Å². The van der Waals surface area contributed by atoms with Crippen molar-refractivity contribution in [1.82, 2.24) is 9.97 Å². The van der Waals surface area contributed by atoms with E-state index in [1.165, 1.54) is 5.39 Å². The second-order valence-electron chi connectivity index (χ2n) is 5.81. The van der Waals surface area contributed by atoms with Crippen LogP contribution >= 0.6 is 0 Å². The highest BCUT2D eigenvalue weighted by Gasteiger charge is 2.10. The third kappa shape index (κ3) is 2.57. The molecule has 23 heavy (non-hydrogen) atoms. The fraction of sp³-hybridized carbons (Fsp3) is 0.143. The van der Waals surface area contributed by atoms with Gasteiger partial charge in [0.2, 0.25) is 0 Å². The van der Waals surface area contributed by atoms with Crippen LogP contribution in [-0.2, 0) is 6.42 Å². The van der Waals surface area contributed by atoms with Gasteiger partial charge in [-0.05, 0) is 30.7 Å². The van der Waals surface area contributed by atoms with Crippen LogP contribution in [0.1, 0.15) is 19.0 Å². The van der Waals surface area contributed by atoms with Crippen LogP contribution in [0.15, 0.2) is 66.7 Å². The van der Waals surface area contributed by atoms with Gasteiger partial charge in [0.15, 0.2) is 0 Å². The molecule has 0 atom stereocenters. The Kier molecular flexibility index (Phi) is 3.51. The minimum absolute atomic E-state index is 0.967. The van der Waals surface area contributed by atoms with Gasteiger partial charge in [0.05, 0.1) is 22.4 Å². The van der Waals surface area contributed by atoms with Gasteiger partial charge >= 0.3 is 0 Å². The van der Waals surface area contributed by atoms with Gasteiger partial charge in [0.25, 0.3) is 0 Å².